The maximum Gasteiger partial charge on any atom is 0.246 e. The van der Waals surface area contributed by atoms with Gasteiger partial charge in [-0.1, -0.05) is 20.4 Å². The van der Waals surface area contributed by atoms with Gasteiger partial charge in [0, 0.05) is 12.3 Å². The van der Waals surface area contributed by atoms with Gasteiger partial charge in [0.05, 0.1) is 6.26 Å². The molecule has 0 fully saturated rings. The molecular formula is C6H13O2P. The molecule has 0 aromatic carbocycles. The zero-order chi connectivity index (χ0) is 7.33. The fourth-order valence-corrected chi connectivity index (χ4v) is 1.53. The molecule has 0 saturated heterocycles. The van der Waals surface area contributed by atoms with E-state index in [2.05, 4.69) is 6.58 Å². The van der Waals surface area contributed by atoms with Crippen molar-refractivity contribution in [1.82, 2.24) is 0 Å². The Morgan fingerprint density at radius 3 is 2.11 bits per heavy atom. The average molecular weight is 148 g/mol. The minimum absolute atomic E-state index is 0.593. The molecule has 3 heteroatoms. The summed E-state index contributed by atoms with van der Waals surface area (Å²) >= 11 is 0. The van der Waals surface area contributed by atoms with Crippen LogP contribution in [0.5, 0.6) is 0 Å². The van der Waals surface area contributed by atoms with Crippen LogP contribution >= 0.6 is 7.37 Å². The molecule has 0 aromatic heterocycles. The van der Waals surface area contributed by atoms with E-state index in [-0.39, 0.29) is 0 Å². The Morgan fingerprint density at radius 1 is 1.56 bits per heavy atom. The predicted molar refractivity (Wildman–Crippen MR) is 40.0 cm³/mol. The van der Waals surface area contributed by atoms with Crippen molar-refractivity contribution < 1.29 is 9.09 Å². The molecule has 0 aliphatic rings. The number of hydrogen-bond acceptors (Lipinski definition) is 2. The molecule has 0 aliphatic carbocycles. The van der Waals surface area contributed by atoms with Gasteiger partial charge < -0.3 is 4.52 Å². The van der Waals surface area contributed by atoms with Gasteiger partial charge >= 0.3 is 0 Å². The van der Waals surface area contributed by atoms with Gasteiger partial charge in [0.25, 0.3) is 0 Å². The second kappa shape index (κ2) is 3.73. The summed E-state index contributed by atoms with van der Waals surface area (Å²) in [5.74, 6) is 0. The van der Waals surface area contributed by atoms with Crippen molar-refractivity contribution in [3.8, 4) is 0 Å². The van der Waals surface area contributed by atoms with Crippen LogP contribution in [0.15, 0.2) is 12.8 Å². The van der Waals surface area contributed by atoms with Gasteiger partial charge in [-0.15, -0.1) is 0 Å². The van der Waals surface area contributed by atoms with E-state index >= 15 is 0 Å². The molecule has 0 unspecified atom stereocenters. The molecule has 0 saturated carbocycles. The van der Waals surface area contributed by atoms with Crippen LogP contribution in [0.25, 0.3) is 0 Å². The molecule has 9 heavy (non-hydrogen) atoms. The summed E-state index contributed by atoms with van der Waals surface area (Å²) in [5.41, 5.74) is 0. The number of hydrogen-bond donors (Lipinski definition) is 0. The van der Waals surface area contributed by atoms with Crippen LogP contribution in [0.2, 0.25) is 0 Å². The highest BCUT2D eigenvalue weighted by Crippen LogP contribution is 2.45. The van der Waals surface area contributed by atoms with E-state index in [4.69, 9.17) is 4.52 Å². The Balaban J connectivity index is 3.93. The van der Waals surface area contributed by atoms with Crippen LogP contribution in [0, 0.1) is 0 Å². The maximum absolute atomic E-state index is 11.3. The Hall–Kier alpha value is -0.230. The summed E-state index contributed by atoms with van der Waals surface area (Å²) in [5, 5.41) is 0. The molecule has 2 nitrogen and oxygen atoms in total. The predicted octanol–water partition coefficient (Wildman–Crippen LogP) is 2.46. The lowest BCUT2D eigenvalue weighted by atomic mass is 11.0. The molecule has 0 heterocycles. The van der Waals surface area contributed by atoms with E-state index in [1.165, 1.54) is 6.26 Å². The van der Waals surface area contributed by atoms with E-state index in [9.17, 15) is 4.57 Å². The van der Waals surface area contributed by atoms with Gasteiger partial charge in [-0.2, -0.15) is 0 Å². The van der Waals surface area contributed by atoms with Gasteiger partial charge in [0.2, 0.25) is 7.37 Å². The Labute approximate surface area is 56.4 Å². The molecule has 0 aliphatic heterocycles. The first-order valence-electron chi connectivity index (χ1n) is 3.06. The van der Waals surface area contributed by atoms with Crippen molar-refractivity contribution >= 4 is 7.37 Å². The molecule has 0 atom stereocenters. The molecule has 0 radical (unpaired) electrons. The van der Waals surface area contributed by atoms with Crippen LogP contribution in [0.1, 0.15) is 13.8 Å². The first-order chi connectivity index (χ1) is 4.18. The minimum atomic E-state index is -2.30. The Kier molecular flexibility index (Phi) is 3.64. The van der Waals surface area contributed by atoms with E-state index in [0.29, 0.717) is 12.3 Å². The maximum atomic E-state index is 11.3. The van der Waals surface area contributed by atoms with Gasteiger partial charge in [0.15, 0.2) is 0 Å². The van der Waals surface area contributed by atoms with Crippen molar-refractivity contribution in [1.29, 1.82) is 0 Å². The quantitative estimate of drug-likeness (QED) is 0.452. The topological polar surface area (TPSA) is 26.3 Å². The van der Waals surface area contributed by atoms with Gasteiger partial charge in [-0.3, -0.25) is 4.57 Å². The fourth-order valence-electron chi connectivity index (χ4n) is 0.509. The first kappa shape index (κ1) is 8.77. The summed E-state index contributed by atoms with van der Waals surface area (Å²) in [4.78, 5) is 0. The summed E-state index contributed by atoms with van der Waals surface area (Å²) in [6.07, 6.45) is 2.44. The summed E-state index contributed by atoms with van der Waals surface area (Å²) in [7, 11) is -2.30. The smallest absolute Gasteiger partial charge is 0.246 e. The summed E-state index contributed by atoms with van der Waals surface area (Å²) in [6.45, 7) is 7.06. The molecule has 0 aromatic rings. The highest BCUT2D eigenvalue weighted by molar-refractivity contribution is 7.58. The van der Waals surface area contributed by atoms with Crippen LogP contribution in [-0.4, -0.2) is 12.3 Å². The van der Waals surface area contributed by atoms with E-state index in [0.717, 1.165) is 0 Å². The summed E-state index contributed by atoms with van der Waals surface area (Å²) in [6, 6.07) is 0. The van der Waals surface area contributed by atoms with E-state index in [1.807, 2.05) is 13.8 Å². The van der Waals surface area contributed by atoms with Gasteiger partial charge in [-0.05, 0) is 0 Å². The second-order valence-electron chi connectivity index (χ2n) is 1.72. The van der Waals surface area contributed by atoms with Crippen molar-refractivity contribution in [2.75, 3.05) is 12.3 Å². The SMILES string of the molecule is C=COP(=O)(CC)CC. The van der Waals surface area contributed by atoms with Gasteiger partial charge in [-0.25, -0.2) is 0 Å². The van der Waals surface area contributed by atoms with Crippen LogP contribution in [-0.2, 0) is 9.09 Å². The molecule has 0 bridgehead atoms. The molecule has 54 valence electrons. The standard InChI is InChI=1S/C6H13O2P/c1-4-8-9(7,5-2)6-3/h4H,1,5-6H2,2-3H3. The van der Waals surface area contributed by atoms with Crippen LogP contribution in [0.3, 0.4) is 0 Å². The third kappa shape index (κ3) is 2.71. The highest BCUT2D eigenvalue weighted by atomic mass is 31.2. The molecule has 0 amide bonds. The monoisotopic (exact) mass is 148 g/mol. The molecule has 0 N–H and O–H groups in total. The zero-order valence-corrected chi connectivity index (χ0v) is 6.86. The lowest BCUT2D eigenvalue weighted by Gasteiger charge is -2.11. The highest BCUT2D eigenvalue weighted by Gasteiger charge is 2.15. The molecular weight excluding hydrogens is 135 g/mol. The first-order valence-corrected chi connectivity index (χ1v) is 5.05. The van der Waals surface area contributed by atoms with Gasteiger partial charge in [0.1, 0.15) is 0 Å². The van der Waals surface area contributed by atoms with Crippen LogP contribution < -0.4 is 0 Å². The molecule has 0 rings (SSSR count). The zero-order valence-electron chi connectivity index (χ0n) is 5.96. The Morgan fingerprint density at radius 2 is 2.00 bits per heavy atom. The fraction of sp³-hybridized carbons (Fsp3) is 0.667. The lowest BCUT2D eigenvalue weighted by molar-refractivity contribution is 0.443. The van der Waals surface area contributed by atoms with Crippen molar-refractivity contribution in [2.45, 2.75) is 13.8 Å². The normalized spacial score (nSPS) is 10.9. The summed E-state index contributed by atoms with van der Waals surface area (Å²) < 4.78 is 16.1. The second-order valence-corrected chi connectivity index (χ2v) is 4.82. The third-order valence-electron chi connectivity index (χ3n) is 1.23. The van der Waals surface area contributed by atoms with Crippen molar-refractivity contribution in [3.63, 3.8) is 0 Å². The average Bonchev–Trinajstić information content (AvgIpc) is 1.89. The van der Waals surface area contributed by atoms with E-state index in [1.54, 1.807) is 0 Å². The van der Waals surface area contributed by atoms with E-state index < -0.39 is 7.37 Å². The molecule has 0 spiro atoms. The Bertz CT molecular complexity index is 123. The minimum Gasteiger partial charge on any atom is -0.451 e. The van der Waals surface area contributed by atoms with Crippen molar-refractivity contribution in [2.24, 2.45) is 0 Å². The van der Waals surface area contributed by atoms with Crippen LogP contribution in [0.4, 0.5) is 0 Å². The largest absolute Gasteiger partial charge is 0.451 e. The van der Waals surface area contributed by atoms with Crippen molar-refractivity contribution in [3.05, 3.63) is 12.8 Å². The third-order valence-corrected chi connectivity index (χ3v) is 3.69. The lowest BCUT2D eigenvalue weighted by Crippen LogP contribution is -1.89. The number of rotatable bonds is 4.